The molecule has 0 amide bonds. The molecule has 0 unspecified atom stereocenters. The maximum absolute atomic E-state index is 12.5. The first-order valence-electron chi connectivity index (χ1n) is 14.0. The summed E-state index contributed by atoms with van der Waals surface area (Å²) in [5.41, 5.74) is 4.24. The number of hydrogen-bond acceptors (Lipinski definition) is 10. The highest BCUT2D eigenvalue weighted by Gasteiger charge is 2.22. The number of ether oxygens (including phenoxy) is 2. The molecular formula is C29H38BrN7O4S. The number of halogens is 1. The van der Waals surface area contributed by atoms with Crippen LogP contribution >= 0.6 is 15.9 Å². The van der Waals surface area contributed by atoms with Gasteiger partial charge >= 0.3 is 0 Å². The minimum absolute atomic E-state index is 0.372. The van der Waals surface area contributed by atoms with Crippen LogP contribution in [0.5, 0.6) is 11.5 Å². The van der Waals surface area contributed by atoms with Crippen molar-refractivity contribution in [1.82, 2.24) is 14.9 Å². The van der Waals surface area contributed by atoms with E-state index >= 15 is 0 Å². The molecule has 0 radical (unpaired) electrons. The van der Waals surface area contributed by atoms with E-state index < -0.39 is 10.0 Å². The lowest BCUT2D eigenvalue weighted by Gasteiger charge is -2.35. The summed E-state index contributed by atoms with van der Waals surface area (Å²) < 4.78 is 38.7. The van der Waals surface area contributed by atoms with Gasteiger partial charge in [-0.3, -0.25) is 4.31 Å². The summed E-state index contributed by atoms with van der Waals surface area (Å²) in [4.78, 5) is 14.0. The highest BCUT2D eigenvalue weighted by molar-refractivity contribution is 9.10. The number of aromatic nitrogens is 2. The Bertz CT molecular complexity index is 1530. The molecule has 42 heavy (non-hydrogen) atoms. The molecule has 13 heteroatoms. The second kappa shape index (κ2) is 12.9. The van der Waals surface area contributed by atoms with Crippen LogP contribution in [0.3, 0.4) is 0 Å². The van der Waals surface area contributed by atoms with Gasteiger partial charge in [-0.15, -0.1) is 0 Å². The molecule has 3 aliphatic rings. The van der Waals surface area contributed by atoms with E-state index in [0.717, 1.165) is 57.5 Å². The van der Waals surface area contributed by atoms with Crippen LogP contribution in [0.2, 0.25) is 0 Å². The van der Waals surface area contributed by atoms with Gasteiger partial charge < -0.3 is 29.9 Å². The third-order valence-electron chi connectivity index (χ3n) is 7.65. The molecule has 3 aromatic rings. The first-order valence-corrected chi connectivity index (χ1v) is 16.7. The van der Waals surface area contributed by atoms with Crippen molar-refractivity contribution in [2.45, 2.75) is 25.7 Å². The molecule has 0 aliphatic carbocycles. The van der Waals surface area contributed by atoms with Crippen LogP contribution in [0.1, 0.15) is 24.8 Å². The predicted molar refractivity (Wildman–Crippen MR) is 172 cm³/mol. The van der Waals surface area contributed by atoms with Gasteiger partial charge in [0.05, 0.1) is 41.5 Å². The number of fused-ring (bicyclic) bond motifs is 7. The summed E-state index contributed by atoms with van der Waals surface area (Å²) in [5.74, 6) is 2.16. The summed E-state index contributed by atoms with van der Waals surface area (Å²) in [7, 11) is 1.82. The molecule has 2 N–H and O–H groups in total. The molecule has 0 spiro atoms. The number of likely N-dealkylation sites (N-methyl/N-ethyl adjacent to an activating group) is 1. The van der Waals surface area contributed by atoms with E-state index in [-0.39, 0.29) is 0 Å². The molecule has 6 bridgehead atoms. The second-order valence-electron chi connectivity index (χ2n) is 10.7. The zero-order valence-corrected chi connectivity index (χ0v) is 26.9. The Morgan fingerprint density at radius 3 is 2.57 bits per heavy atom. The number of rotatable bonds is 4. The Hall–Kier alpha value is -3.29. The van der Waals surface area contributed by atoms with Gasteiger partial charge in [0.1, 0.15) is 17.3 Å². The maximum atomic E-state index is 12.5. The number of aryl methyl sites for hydroxylation is 1. The van der Waals surface area contributed by atoms with Crippen molar-refractivity contribution >= 4 is 60.5 Å². The molecule has 0 atom stereocenters. The Kier molecular flexibility index (Phi) is 9.28. The van der Waals surface area contributed by atoms with Crippen molar-refractivity contribution in [1.29, 1.82) is 0 Å². The first kappa shape index (κ1) is 30.2. The van der Waals surface area contributed by atoms with Crippen LogP contribution in [0, 0.1) is 0 Å². The molecule has 226 valence electrons. The topological polar surface area (TPSA) is 112 Å². The molecule has 4 heterocycles. The normalized spacial score (nSPS) is 16.5. The van der Waals surface area contributed by atoms with Gasteiger partial charge in [0.25, 0.3) is 0 Å². The highest BCUT2D eigenvalue weighted by Crippen LogP contribution is 2.38. The minimum Gasteiger partial charge on any atom is -0.494 e. The van der Waals surface area contributed by atoms with E-state index in [1.54, 1.807) is 25.4 Å². The van der Waals surface area contributed by atoms with Crippen molar-refractivity contribution in [2.75, 3.05) is 80.1 Å². The average molecular weight is 661 g/mol. The molecule has 6 rings (SSSR count). The fourth-order valence-electron chi connectivity index (χ4n) is 5.12. The third kappa shape index (κ3) is 7.01. The molecule has 11 nitrogen and oxygen atoms in total. The zero-order chi connectivity index (χ0) is 29.9. The van der Waals surface area contributed by atoms with E-state index in [4.69, 9.17) is 14.5 Å². The van der Waals surface area contributed by atoms with Gasteiger partial charge in [-0.2, -0.15) is 4.98 Å². The Balaban J connectivity index is 1.54. The van der Waals surface area contributed by atoms with E-state index in [2.05, 4.69) is 60.5 Å². The number of sulfonamides is 1. The third-order valence-corrected chi connectivity index (χ3v) is 9.43. The molecule has 1 fully saturated rings. The molecule has 2 aromatic carbocycles. The number of piperazine rings is 1. The number of hydrogen-bond donors (Lipinski definition) is 2. The fourth-order valence-corrected chi connectivity index (χ4v) is 5.91. The zero-order valence-electron chi connectivity index (χ0n) is 24.5. The van der Waals surface area contributed by atoms with Crippen LogP contribution in [-0.2, 0) is 16.4 Å². The van der Waals surface area contributed by atoms with Crippen molar-refractivity contribution in [3.05, 3.63) is 46.6 Å². The lowest BCUT2D eigenvalue weighted by Crippen LogP contribution is -2.44. The largest absolute Gasteiger partial charge is 0.494 e. The average Bonchev–Trinajstić information content (AvgIpc) is 2.96. The predicted octanol–water partition coefficient (Wildman–Crippen LogP) is 4.99. The van der Waals surface area contributed by atoms with Crippen LogP contribution < -0.4 is 29.3 Å². The molecule has 1 saturated heterocycles. The van der Waals surface area contributed by atoms with Crippen molar-refractivity contribution in [3.8, 4) is 11.5 Å². The number of nitrogens with one attached hydrogen (secondary N) is 2. The number of benzene rings is 2. The molecular weight excluding hydrogens is 622 g/mol. The molecule has 1 aromatic heterocycles. The van der Waals surface area contributed by atoms with E-state index in [9.17, 15) is 8.42 Å². The second-order valence-corrected chi connectivity index (χ2v) is 13.5. The van der Waals surface area contributed by atoms with Gasteiger partial charge in [0.15, 0.2) is 0 Å². The van der Waals surface area contributed by atoms with Gasteiger partial charge in [-0.25, -0.2) is 13.4 Å². The lowest BCUT2D eigenvalue weighted by molar-refractivity contribution is 0.305. The maximum Gasteiger partial charge on any atom is 0.232 e. The van der Waals surface area contributed by atoms with Crippen molar-refractivity contribution in [3.63, 3.8) is 0 Å². The summed E-state index contributed by atoms with van der Waals surface area (Å²) in [6, 6.07) is 9.64. The fraction of sp³-hybridized carbons (Fsp3) is 0.448. The number of methoxy groups -OCH3 is 1. The van der Waals surface area contributed by atoms with Crippen LogP contribution in [-0.4, -0.2) is 83.5 Å². The van der Waals surface area contributed by atoms with Gasteiger partial charge in [-0.1, -0.05) is 0 Å². The van der Waals surface area contributed by atoms with E-state index in [0.29, 0.717) is 45.7 Å². The Morgan fingerprint density at radius 1 is 1.05 bits per heavy atom. The van der Waals surface area contributed by atoms with Gasteiger partial charge in [0, 0.05) is 57.2 Å². The molecule has 3 aliphatic heterocycles. The SMILES string of the molecule is COc1cc(N2CCN(C)CC2)c2cc1Nc1ncc(Br)c(n1)Nc1ccc(cc1N(C)S(C)(=O)=O)OCCCCC2. The van der Waals surface area contributed by atoms with Crippen molar-refractivity contribution < 1.29 is 17.9 Å². The van der Waals surface area contributed by atoms with Crippen LogP contribution in [0.15, 0.2) is 41.0 Å². The number of nitrogens with zero attached hydrogens (tertiary/aromatic N) is 5. The minimum atomic E-state index is -3.53. The Morgan fingerprint density at radius 2 is 1.83 bits per heavy atom. The smallest absolute Gasteiger partial charge is 0.232 e. The number of anilines is 6. The van der Waals surface area contributed by atoms with E-state index in [1.165, 1.54) is 28.9 Å². The summed E-state index contributed by atoms with van der Waals surface area (Å²) in [6.45, 7) is 4.50. The van der Waals surface area contributed by atoms with Crippen LogP contribution in [0.25, 0.3) is 0 Å². The monoisotopic (exact) mass is 659 g/mol. The quantitative estimate of drug-likeness (QED) is 0.397. The van der Waals surface area contributed by atoms with Gasteiger partial charge in [0.2, 0.25) is 16.0 Å². The molecule has 0 saturated carbocycles. The summed E-state index contributed by atoms with van der Waals surface area (Å²) in [6.07, 6.45) is 6.60. The lowest BCUT2D eigenvalue weighted by atomic mass is 10.0. The standard InChI is InChI=1S/C29H38BrN7O4S/c1-35-11-13-37(14-12-35)25-18-27(40-3)24-16-20(25)8-6-5-7-15-41-21-9-10-23(26(17-21)36(2)42(4,38)39)32-28-22(30)19-31-29(33-24)34-28/h9-10,16-19H,5-8,11-15H2,1-4H3,(H2,31,32,33,34). The summed E-state index contributed by atoms with van der Waals surface area (Å²) in [5, 5.41) is 6.65. The van der Waals surface area contributed by atoms with Gasteiger partial charge in [-0.05, 0) is 72.4 Å². The first-order chi connectivity index (χ1) is 20.1. The highest BCUT2D eigenvalue weighted by atomic mass is 79.9. The van der Waals surface area contributed by atoms with Crippen LogP contribution in [0.4, 0.5) is 34.5 Å². The van der Waals surface area contributed by atoms with Crippen molar-refractivity contribution in [2.24, 2.45) is 0 Å². The van der Waals surface area contributed by atoms with E-state index in [1.807, 2.05) is 6.07 Å². The Labute approximate surface area is 256 Å². The summed E-state index contributed by atoms with van der Waals surface area (Å²) >= 11 is 3.53.